The van der Waals surface area contributed by atoms with Crippen molar-refractivity contribution in [2.45, 2.75) is 44.5 Å². The predicted octanol–water partition coefficient (Wildman–Crippen LogP) is 1.68. The lowest BCUT2D eigenvalue weighted by Gasteiger charge is -2.19. The Balaban J connectivity index is 4.01. The van der Waals surface area contributed by atoms with Crippen molar-refractivity contribution >= 4 is 21.8 Å². The lowest BCUT2D eigenvalue weighted by molar-refractivity contribution is -0.121. The van der Waals surface area contributed by atoms with Crippen LogP contribution < -0.4 is 5.32 Å². The SMILES string of the molecule is CCC(CCO)NC(=O)C(Br)C(C)C. The number of aliphatic hydroxyl groups is 1. The van der Waals surface area contributed by atoms with Gasteiger partial charge in [-0.3, -0.25) is 4.79 Å². The summed E-state index contributed by atoms with van der Waals surface area (Å²) in [5, 5.41) is 11.7. The van der Waals surface area contributed by atoms with Gasteiger partial charge in [-0.05, 0) is 18.8 Å². The first-order chi connectivity index (χ1) is 6.52. The molecule has 3 nitrogen and oxygen atoms in total. The molecule has 0 aromatic rings. The first kappa shape index (κ1) is 13.9. The molecule has 0 heterocycles. The van der Waals surface area contributed by atoms with E-state index in [9.17, 15) is 4.79 Å². The second kappa shape index (κ2) is 7.23. The van der Waals surface area contributed by atoms with Crippen molar-refractivity contribution in [3.63, 3.8) is 0 Å². The van der Waals surface area contributed by atoms with E-state index < -0.39 is 0 Å². The van der Waals surface area contributed by atoms with Gasteiger partial charge in [0, 0.05) is 12.6 Å². The van der Waals surface area contributed by atoms with Gasteiger partial charge >= 0.3 is 0 Å². The van der Waals surface area contributed by atoms with E-state index in [1.807, 2.05) is 20.8 Å². The fraction of sp³-hybridized carbons (Fsp3) is 0.900. The smallest absolute Gasteiger partial charge is 0.234 e. The molecule has 0 aliphatic rings. The van der Waals surface area contributed by atoms with Crippen molar-refractivity contribution < 1.29 is 9.90 Å². The summed E-state index contributed by atoms with van der Waals surface area (Å²) in [5.41, 5.74) is 0. The molecule has 0 aliphatic carbocycles. The first-order valence-corrected chi connectivity index (χ1v) is 5.99. The van der Waals surface area contributed by atoms with Crippen LogP contribution in [0.25, 0.3) is 0 Å². The molecule has 0 bridgehead atoms. The third kappa shape index (κ3) is 4.96. The molecular weight excluding hydrogens is 246 g/mol. The fourth-order valence-electron chi connectivity index (χ4n) is 1.12. The lowest BCUT2D eigenvalue weighted by Crippen LogP contribution is -2.41. The molecule has 0 aromatic carbocycles. The zero-order chi connectivity index (χ0) is 11.1. The number of nitrogens with one attached hydrogen (secondary N) is 1. The first-order valence-electron chi connectivity index (χ1n) is 5.08. The Morgan fingerprint density at radius 3 is 2.43 bits per heavy atom. The molecule has 0 saturated carbocycles. The Hall–Kier alpha value is -0.0900. The van der Waals surface area contributed by atoms with Crippen molar-refractivity contribution in [1.82, 2.24) is 5.32 Å². The highest BCUT2D eigenvalue weighted by Crippen LogP contribution is 2.12. The summed E-state index contributed by atoms with van der Waals surface area (Å²) in [7, 11) is 0. The summed E-state index contributed by atoms with van der Waals surface area (Å²) in [6.07, 6.45) is 1.48. The van der Waals surface area contributed by atoms with Crippen LogP contribution in [0.15, 0.2) is 0 Å². The van der Waals surface area contributed by atoms with E-state index in [4.69, 9.17) is 5.11 Å². The van der Waals surface area contributed by atoms with E-state index in [0.29, 0.717) is 6.42 Å². The molecule has 0 aliphatic heterocycles. The van der Waals surface area contributed by atoms with E-state index in [1.54, 1.807) is 0 Å². The molecule has 0 rings (SSSR count). The average molecular weight is 266 g/mol. The Bertz CT molecular complexity index is 174. The molecule has 0 radical (unpaired) electrons. The molecule has 0 spiro atoms. The summed E-state index contributed by atoms with van der Waals surface area (Å²) in [6, 6.07) is 0.0892. The highest BCUT2D eigenvalue weighted by atomic mass is 79.9. The zero-order valence-corrected chi connectivity index (χ0v) is 10.7. The number of carbonyl (C=O) groups excluding carboxylic acids is 1. The quantitative estimate of drug-likeness (QED) is 0.719. The molecule has 84 valence electrons. The predicted molar refractivity (Wildman–Crippen MR) is 61.5 cm³/mol. The number of hydrogen-bond acceptors (Lipinski definition) is 2. The largest absolute Gasteiger partial charge is 0.396 e. The highest BCUT2D eigenvalue weighted by Gasteiger charge is 2.20. The van der Waals surface area contributed by atoms with Crippen LogP contribution in [0.3, 0.4) is 0 Å². The van der Waals surface area contributed by atoms with Crippen molar-refractivity contribution in [2.75, 3.05) is 6.61 Å². The number of halogens is 1. The van der Waals surface area contributed by atoms with Gasteiger partial charge in [0.2, 0.25) is 5.91 Å². The minimum atomic E-state index is -0.143. The Morgan fingerprint density at radius 2 is 2.07 bits per heavy atom. The lowest BCUT2D eigenvalue weighted by atomic mass is 10.1. The van der Waals surface area contributed by atoms with Crippen molar-refractivity contribution in [3.8, 4) is 0 Å². The van der Waals surface area contributed by atoms with Gasteiger partial charge in [0.1, 0.15) is 0 Å². The van der Waals surface area contributed by atoms with Crippen molar-refractivity contribution in [2.24, 2.45) is 5.92 Å². The minimum absolute atomic E-state index is 0.0142. The van der Waals surface area contributed by atoms with Crippen LogP contribution in [0.5, 0.6) is 0 Å². The van der Waals surface area contributed by atoms with E-state index in [0.717, 1.165) is 6.42 Å². The standard InChI is InChI=1S/C10H20BrNO2/c1-4-8(5-6-13)12-10(14)9(11)7(2)3/h7-9,13H,4-6H2,1-3H3,(H,12,14). The maximum Gasteiger partial charge on any atom is 0.234 e. The number of alkyl halides is 1. The molecule has 0 aromatic heterocycles. The molecule has 2 atom stereocenters. The van der Waals surface area contributed by atoms with Crippen LogP contribution in [0, 0.1) is 5.92 Å². The van der Waals surface area contributed by atoms with Gasteiger partial charge in [-0.1, -0.05) is 36.7 Å². The maximum atomic E-state index is 11.6. The molecular formula is C10H20BrNO2. The molecule has 0 saturated heterocycles. The normalized spacial score (nSPS) is 15.3. The third-order valence-electron chi connectivity index (χ3n) is 2.15. The monoisotopic (exact) mass is 265 g/mol. The average Bonchev–Trinajstić information content (AvgIpc) is 2.15. The van der Waals surface area contributed by atoms with Gasteiger partial charge in [-0.25, -0.2) is 0 Å². The number of rotatable bonds is 6. The number of aliphatic hydroxyl groups excluding tert-OH is 1. The molecule has 1 amide bonds. The van der Waals surface area contributed by atoms with Crippen LogP contribution in [-0.4, -0.2) is 28.5 Å². The van der Waals surface area contributed by atoms with Gasteiger partial charge in [0.05, 0.1) is 4.83 Å². The fourth-order valence-corrected chi connectivity index (χ4v) is 1.25. The van der Waals surface area contributed by atoms with Crippen LogP contribution in [0.2, 0.25) is 0 Å². The zero-order valence-electron chi connectivity index (χ0n) is 9.09. The summed E-state index contributed by atoms with van der Waals surface area (Å²) in [4.78, 5) is 11.4. The highest BCUT2D eigenvalue weighted by molar-refractivity contribution is 9.10. The second-order valence-electron chi connectivity index (χ2n) is 3.77. The number of amides is 1. The third-order valence-corrected chi connectivity index (χ3v) is 3.63. The van der Waals surface area contributed by atoms with Gasteiger partial charge in [0.25, 0.3) is 0 Å². The number of carbonyl (C=O) groups is 1. The van der Waals surface area contributed by atoms with Crippen LogP contribution in [0.4, 0.5) is 0 Å². The van der Waals surface area contributed by atoms with Gasteiger partial charge < -0.3 is 10.4 Å². The molecule has 2 unspecified atom stereocenters. The summed E-state index contributed by atoms with van der Waals surface area (Å²) >= 11 is 3.34. The second-order valence-corrected chi connectivity index (χ2v) is 4.76. The maximum absolute atomic E-state index is 11.6. The summed E-state index contributed by atoms with van der Waals surface area (Å²) in [5.74, 6) is 0.293. The summed E-state index contributed by atoms with van der Waals surface area (Å²) in [6.45, 7) is 6.10. The van der Waals surface area contributed by atoms with E-state index in [-0.39, 0.29) is 29.3 Å². The van der Waals surface area contributed by atoms with Crippen LogP contribution in [-0.2, 0) is 4.79 Å². The minimum Gasteiger partial charge on any atom is -0.396 e. The topological polar surface area (TPSA) is 49.3 Å². The number of hydrogen-bond donors (Lipinski definition) is 2. The van der Waals surface area contributed by atoms with Crippen LogP contribution in [0.1, 0.15) is 33.6 Å². The van der Waals surface area contributed by atoms with Crippen molar-refractivity contribution in [3.05, 3.63) is 0 Å². The van der Waals surface area contributed by atoms with Gasteiger partial charge in [-0.2, -0.15) is 0 Å². The molecule has 4 heteroatoms. The molecule has 2 N–H and O–H groups in total. The van der Waals surface area contributed by atoms with Crippen molar-refractivity contribution in [1.29, 1.82) is 0 Å². The van der Waals surface area contributed by atoms with Gasteiger partial charge in [-0.15, -0.1) is 0 Å². The summed E-state index contributed by atoms with van der Waals surface area (Å²) < 4.78 is 0. The van der Waals surface area contributed by atoms with Crippen LogP contribution >= 0.6 is 15.9 Å². The Labute approximate surface area is 94.4 Å². The van der Waals surface area contributed by atoms with E-state index in [1.165, 1.54) is 0 Å². The van der Waals surface area contributed by atoms with E-state index >= 15 is 0 Å². The molecule has 14 heavy (non-hydrogen) atoms. The Morgan fingerprint density at radius 1 is 1.50 bits per heavy atom. The molecule has 0 fully saturated rings. The Kier molecular flexibility index (Phi) is 7.19. The van der Waals surface area contributed by atoms with E-state index in [2.05, 4.69) is 21.2 Å². The van der Waals surface area contributed by atoms with Gasteiger partial charge in [0.15, 0.2) is 0 Å².